The molecule has 5 rings (SSSR count). The van der Waals surface area contributed by atoms with E-state index in [1.807, 2.05) is 13.8 Å². The molecule has 0 unspecified atom stereocenters. The molecule has 3 fully saturated rings. The number of allylic oxidation sites excluding steroid dienone is 1. The molecule has 0 radical (unpaired) electrons. The van der Waals surface area contributed by atoms with Crippen molar-refractivity contribution >= 4 is 17.8 Å². The van der Waals surface area contributed by atoms with E-state index < -0.39 is 47.8 Å². The van der Waals surface area contributed by atoms with Crippen LogP contribution in [0.2, 0.25) is 0 Å². The van der Waals surface area contributed by atoms with Gasteiger partial charge in [-0.2, -0.15) is 22.7 Å². The molecule has 0 spiro atoms. The molecule has 41 heavy (non-hydrogen) atoms. The number of hydrogen-bond donors (Lipinski definition) is 4. The highest BCUT2D eigenvalue weighted by Crippen LogP contribution is 2.51. The quantitative estimate of drug-likeness (QED) is 0.212. The third-order valence-corrected chi connectivity index (χ3v) is 7.94. The molecule has 0 aliphatic heterocycles. The first-order chi connectivity index (χ1) is 19.4. The Balaban J connectivity index is 1.35. The highest BCUT2D eigenvalue weighted by molar-refractivity contribution is 5.99. The van der Waals surface area contributed by atoms with Crippen LogP contribution in [0.1, 0.15) is 74.7 Å². The average Bonchev–Trinajstić information content (AvgIpc) is 3.84. The normalized spacial score (nSPS) is 19.4. The van der Waals surface area contributed by atoms with Crippen molar-refractivity contribution in [3.8, 4) is 0 Å². The minimum Gasteiger partial charge on any atom is -0.339 e. The molecule has 11 nitrogen and oxygen atoms in total. The Kier molecular flexibility index (Phi) is 7.74. The van der Waals surface area contributed by atoms with Crippen molar-refractivity contribution in [2.45, 2.75) is 82.7 Å². The molecule has 1 atom stereocenters. The summed E-state index contributed by atoms with van der Waals surface area (Å²) in [6.45, 7) is 2.49. The van der Waals surface area contributed by atoms with Crippen LogP contribution < -0.4 is 16.0 Å². The highest BCUT2D eigenvalue weighted by Gasteiger charge is 2.54. The highest BCUT2D eigenvalue weighted by atomic mass is 19.4. The first-order valence-electron chi connectivity index (χ1n) is 13.8. The Morgan fingerprint density at radius 1 is 1.22 bits per heavy atom. The average molecular weight is 581 g/mol. The second kappa shape index (κ2) is 11.0. The van der Waals surface area contributed by atoms with Gasteiger partial charge in [-0.25, -0.2) is 0 Å². The maximum atomic E-state index is 14.4. The number of quaternary nitrogens is 1. The van der Waals surface area contributed by atoms with Gasteiger partial charge in [-0.3, -0.25) is 19.7 Å². The van der Waals surface area contributed by atoms with Crippen molar-refractivity contribution in [3.05, 3.63) is 42.0 Å². The van der Waals surface area contributed by atoms with Gasteiger partial charge in [-0.05, 0) is 63.4 Å². The molecule has 0 saturated heterocycles. The van der Waals surface area contributed by atoms with Gasteiger partial charge in [0.2, 0.25) is 11.9 Å². The topological polar surface area (TPSA) is 147 Å². The van der Waals surface area contributed by atoms with Crippen molar-refractivity contribution in [2.24, 2.45) is 17.8 Å². The standard InChI is InChI=1S/C26H33F4N9O2/c1-14(2)39-18(7-10-34-39)22(40)36-20(19(15-3-4-15)16-5-6-16)23(41)35-17(21(27)31)11-32-25(8-9-25)24-37-33-13-38(24)12-26(28,29)30/h7,10-11,13-16,19-20,31-32H,3-6,8-9,12H2,1-2H3,(H,35,41)(H,36,40)/p+1/b17-11+,31-21?/t20-/m0/s1. The number of hydrogen-bond acceptors (Lipinski definition) is 6. The third kappa shape index (κ3) is 6.66. The molecule has 3 saturated carbocycles. The molecular formula is C26H34F4N9O2+. The number of nitrogens with two attached hydrogens (primary N) is 1. The van der Waals surface area contributed by atoms with E-state index in [1.54, 1.807) is 10.7 Å². The Labute approximate surface area is 233 Å². The van der Waals surface area contributed by atoms with Crippen molar-refractivity contribution < 1.29 is 32.5 Å². The van der Waals surface area contributed by atoms with Crippen LogP contribution in [-0.4, -0.2) is 54.5 Å². The van der Waals surface area contributed by atoms with Gasteiger partial charge < -0.3 is 20.5 Å². The second-order valence-corrected chi connectivity index (χ2v) is 11.6. The number of nitrogens with one attached hydrogen (secondary N) is 3. The number of nitrogens with zero attached hydrogens (tertiary/aromatic N) is 5. The number of carbonyl (C=O) groups is 2. The maximum Gasteiger partial charge on any atom is 0.406 e. The summed E-state index contributed by atoms with van der Waals surface area (Å²) in [4.78, 5) is 26.9. The lowest BCUT2D eigenvalue weighted by molar-refractivity contribution is -0.652. The molecule has 2 amide bonds. The second-order valence-electron chi connectivity index (χ2n) is 11.6. The molecule has 2 heterocycles. The Morgan fingerprint density at radius 2 is 1.88 bits per heavy atom. The van der Waals surface area contributed by atoms with Crippen LogP contribution >= 0.6 is 0 Å². The molecule has 15 heteroatoms. The fourth-order valence-electron chi connectivity index (χ4n) is 5.52. The third-order valence-electron chi connectivity index (χ3n) is 7.94. The summed E-state index contributed by atoms with van der Waals surface area (Å²) in [7, 11) is 0. The zero-order valence-electron chi connectivity index (χ0n) is 22.8. The van der Waals surface area contributed by atoms with Crippen molar-refractivity contribution in [2.75, 3.05) is 0 Å². The van der Waals surface area contributed by atoms with E-state index in [4.69, 9.17) is 5.41 Å². The monoisotopic (exact) mass is 580 g/mol. The van der Waals surface area contributed by atoms with Gasteiger partial charge in [0.05, 0.1) is 0 Å². The van der Waals surface area contributed by atoms with Crippen LogP contribution in [0, 0.1) is 23.2 Å². The lowest BCUT2D eigenvalue weighted by atomic mass is 9.88. The molecular weight excluding hydrogens is 546 g/mol. The summed E-state index contributed by atoms with van der Waals surface area (Å²) in [6, 6.07) is 0.512. The molecule has 0 bridgehead atoms. The minimum atomic E-state index is -4.48. The van der Waals surface area contributed by atoms with E-state index in [-0.39, 0.29) is 29.6 Å². The fraction of sp³-hybridized carbons (Fsp3) is 0.615. The number of alkyl halides is 3. The molecule has 3 aliphatic rings. The van der Waals surface area contributed by atoms with Crippen molar-refractivity contribution in [3.63, 3.8) is 0 Å². The van der Waals surface area contributed by atoms with Crippen LogP contribution in [0.5, 0.6) is 0 Å². The van der Waals surface area contributed by atoms with Gasteiger partial charge in [0, 0.05) is 25.1 Å². The Bertz CT molecular complexity index is 1320. The summed E-state index contributed by atoms with van der Waals surface area (Å²) >= 11 is 0. The van der Waals surface area contributed by atoms with E-state index in [2.05, 4.69) is 25.9 Å². The van der Waals surface area contributed by atoms with E-state index in [1.165, 1.54) is 17.7 Å². The minimum absolute atomic E-state index is 0.0802. The molecule has 222 valence electrons. The SMILES string of the molecule is CC(C)n1nccc1C(=O)N[C@H](C(=O)N/C(=C/[NH2+]C1(c2nncn2CC(F)(F)F)CC1)C(=N)F)C(C1CC1)C1CC1. The van der Waals surface area contributed by atoms with Gasteiger partial charge in [0.15, 0.2) is 11.4 Å². The summed E-state index contributed by atoms with van der Waals surface area (Å²) in [5.74, 6) is -2.08. The molecule has 2 aromatic rings. The largest absolute Gasteiger partial charge is 0.406 e. The van der Waals surface area contributed by atoms with Crippen LogP contribution in [0.4, 0.5) is 17.6 Å². The van der Waals surface area contributed by atoms with Gasteiger partial charge in [-0.1, -0.05) is 0 Å². The van der Waals surface area contributed by atoms with Crippen LogP contribution in [-0.2, 0) is 16.9 Å². The van der Waals surface area contributed by atoms with Gasteiger partial charge >= 0.3 is 6.18 Å². The van der Waals surface area contributed by atoms with E-state index in [0.29, 0.717) is 18.5 Å². The molecule has 3 aliphatic carbocycles. The first kappa shape index (κ1) is 28.9. The van der Waals surface area contributed by atoms with Crippen LogP contribution in [0.15, 0.2) is 30.5 Å². The van der Waals surface area contributed by atoms with Crippen LogP contribution in [0.3, 0.4) is 0 Å². The number of carbonyl (C=O) groups excluding carboxylic acids is 2. The fourth-order valence-corrected chi connectivity index (χ4v) is 5.52. The summed E-state index contributed by atoms with van der Waals surface area (Å²) in [5.41, 5.74) is -1.07. The molecule has 2 aromatic heterocycles. The van der Waals surface area contributed by atoms with Crippen molar-refractivity contribution in [1.82, 2.24) is 35.2 Å². The summed E-state index contributed by atoms with van der Waals surface area (Å²) in [5, 5.41) is 26.1. The lowest BCUT2D eigenvalue weighted by Crippen LogP contribution is -2.86. The lowest BCUT2D eigenvalue weighted by Gasteiger charge is -2.28. The Morgan fingerprint density at radius 3 is 2.41 bits per heavy atom. The molecule has 5 N–H and O–H groups in total. The van der Waals surface area contributed by atoms with Crippen molar-refractivity contribution in [1.29, 1.82) is 5.41 Å². The van der Waals surface area contributed by atoms with Gasteiger partial charge in [0.1, 0.15) is 36.5 Å². The zero-order valence-corrected chi connectivity index (χ0v) is 22.8. The number of halogens is 4. The summed E-state index contributed by atoms with van der Waals surface area (Å²) in [6.07, 6.45) is 3.85. The predicted octanol–water partition coefficient (Wildman–Crippen LogP) is 2.31. The predicted molar refractivity (Wildman–Crippen MR) is 137 cm³/mol. The number of aromatic nitrogens is 5. The number of amides is 2. The summed E-state index contributed by atoms with van der Waals surface area (Å²) < 4.78 is 55.9. The number of rotatable bonds is 13. The zero-order chi connectivity index (χ0) is 29.5. The first-order valence-corrected chi connectivity index (χ1v) is 13.8. The maximum absolute atomic E-state index is 14.4. The van der Waals surface area contributed by atoms with E-state index in [0.717, 1.165) is 36.6 Å². The van der Waals surface area contributed by atoms with Gasteiger partial charge in [0.25, 0.3) is 5.91 Å². The van der Waals surface area contributed by atoms with Gasteiger partial charge in [-0.15, -0.1) is 10.2 Å². The van der Waals surface area contributed by atoms with E-state index >= 15 is 0 Å². The molecule has 0 aromatic carbocycles. The smallest absolute Gasteiger partial charge is 0.339 e. The van der Waals surface area contributed by atoms with Crippen LogP contribution in [0.25, 0.3) is 0 Å². The Hall–Kier alpha value is -3.62. The van der Waals surface area contributed by atoms with E-state index in [9.17, 15) is 27.2 Å².